The van der Waals surface area contributed by atoms with Crippen molar-refractivity contribution >= 4 is 28.6 Å². The van der Waals surface area contributed by atoms with Crippen molar-refractivity contribution in [1.29, 1.82) is 0 Å². The van der Waals surface area contributed by atoms with E-state index in [4.69, 9.17) is 4.74 Å². The Bertz CT molecular complexity index is 306. The van der Waals surface area contributed by atoms with Gasteiger partial charge in [-0.25, -0.2) is 4.79 Å². The van der Waals surface area contributed by atoms with Crippen LogP contribution in [-0.4, -0.2) is 17.0 Å². The van der Waals surface area contributed by atoms with Gasteiger partial charge in [-0.1, -0.05) is 52.9 Å². The molecular formula is C11H11IO2. The monoisotopic (exact) mass is 302 g/mol. The molecule has 0 N–H and O–H groups in total. The number of alkyl halides is 1. The fraction of sp³-hybridized carbons (Fsp3) is 0.182. The van der Waals surface area contributed by atoms with Crippen LogP contribution in [0.15, 0.2) is 42.5 Å². The van der Waals surface area contributed by atoms with E-state index in [1.165, 1.54) is 0 Å². The molecule has 0 atom stereocenters. The highest BCUT2D eigenvalue weighted by molar-refractivity contribution is 14.1. The number of ether oxygens (including phenoxy) is 1. The minimum atomic E-state index is -0.274. The topological polar surface area (TPSA) is 26.3 Å². The summed E-state index contributed by atoms with van der Waals surface area (Å²) in [6, 6.07) is 8.98. The molecule has 14 heavy (non-hydrogen) atoms. The Hall–Kier alpha value is -0.840. The Balaban J connectivity index is 2.40. The molecule has 0 aliphatic heterocycles. The lowest BCUT2D eigenvalue weighted by Gasteiger charge is -2.00. The predicted octanol–water partition coefficient (Wildman–Crippen LogP) is 2.83. The molecule has 1 aromatic rings. The van der Waals surface area contributed by atoms with Crippen molar-refractivity contribution in [2.75, 3.05) is 11.0 Å². The summed E-state index contributed by atoms with van der Waals surface area (Å²) in [5, 5.41) is 0. The minimum absolute atomic E-state index is 0.274. The van der Waals surface area contributed by atoms with E-state index >= 15 is 0 Å². The van der Waals surface area contributed by atoms with E-state index in [1.807, 2.05) is 30.4 Å². The molecule has 0 saturated carbocycles. The fourth-order valence-electron chi connectivity index (χ4n) is 0.912. The highest BCUT2D eigenvalue weighted by Gasteiger charge is 2.03. The van der Waals surface area contributed by atoms with E-state index < -0.39 is 0 Å². The van der Waals surface area contributed by atoms with Gasteiger partial charge in [0.05, 0.1) is 5.56 Å². The number of hydrogen-bond acceptors (Lipinski definition) is 2. The number of allylic oxidation sites excluding steroid dienone is 1. The summed E-state index contributed by atoms with van der Waals surface area (Å²) < 4.78 is 5.93. The van der Waals surface area contributed by atoms with Gasteiger partial charge < -0.3 is 4.74 Å². The Morgan fingerprint density at radius 1 is 1.29 bits per heavy atom. The molecule has 1 rings (SSSR count). The number of carbonyl (C=O) groups is 1. The van der Waals surface area contributed by atoms with E-state index in [9.17, 15) is 4.79 Å². The SMILES string of the molecule is O=C(OC/C=C/CI)c1ccccc1. The molecule has 0 amide bonds. The Morgan fingerprint density at radius 2 is 2.00 bits per heavy atom. The molecular weight excluding hydrogens is 291 g/mol. The van der Waals surface area contributed by atoms with Crippen molar-refractivity contribution in [1.82, 2.24) is 0 Å². The molecule has 0 fully saturated rings. The van der Waals surface area contributed by atoms with Gasteiger partial charge in [0, 0.05) is 4.43 Å². The zero-order valence-corrected chi connectivity index (χ0v) is 9.81. The minimum Gasteiger partial charge on any atom is -0.458 e. The quantitative estimate of drug-likeness (QED) is 0.370. The van der Waals surface area contributed by atoms with Crippen LogP contribution >= 0.6 is 22.6 Å². The molecule has 0 radical (unpaired) electrons. The van der Waals surface area contributed by atoms with Gasteiger partial charge in [0.25, 0.3) is 0 Å². The normalized spacial score (nSPS) is 10.4. The third-order valence-corrected chi connectivity index (χ3v) is 2.08. The second-order valence-corrected chi connectivity index (χ2v) is 3.47. The maximum absolute atomic E-state index is 11.3. The van der Waals surface area contributed by atoms with Crippen molar-refractivity contribution in [3.05, 3.63) is 48.0 Å². The third kappa shape index (κ3) is 3.91. The molecule has 74 valence electrons. The molecule has 0 aromatic heterocycles. The average molecular weight is 302 g/mol. The van der Waals surface area contributed by atoms with Crippen molar-refractivity contribution in [2.24, 2.45) is 0 Å². The van der Waals surface area contributed by atoms with E-state index in [0.717, 1.165) is 4.43 Å². The van der Waals surface area contributed by atoms with Gasteiger partial charge in [-0.15, -0.1) is 0 Å². The lowest BCUT2D eigenvalue weighted by atomic mass is 10.2. The zero-order chi connectivity index (χ0) is 10.2. The molecule has 1 aromatic carbocycles. The van der Waals surface area contributed by atoms with E-state index in [-0.39, 0.29) is 5.97 Å². The summed E-state index contributed by atoms with van der Waals surface area (Å²) >= 11 is 2.23. The summed E-state index contributed by atoms with van der Waals surface area (Å²) in [6.07, 6.45) is 3.80. The number of hydrogen-bond donors (Lipinski definition) is 0. The number of rotatable bonds is 4. The number of halogens is 1. The van der Waals surface area contributed by atoms with Crippen molar-refractivity contribution in [3.63, 3.8) is 0 Å². The van der Waals surface area contributed by atoms with Crippen molar-refractivity contribution < 1.29 is 9.53 Å². The Labute approximate surface area is 97.1 Å². The molecule has 0 aliphatic carbocycles. The highest BCUT2D eigenvalue weighted by Crippen LogP contribution is 2.00. The summed E-state index contributed by atoms with van der Waals surface area (Å²) in [7, 11) is 0. The van der Waals surface area contributed by atoms with Crippen LogP contribution in [0, 0.1) is 0 Å². The number of carbonyl (C=O) groups excluding carboxylic acids is 1. The van der Waals surface area contributed by atoms with E-state index in [0.29, 0.717) is 12.2 Å². The molecule has 0 unspecified atom stereocenters. The van der Waals surface area contributed by atoms with E-state index in [2.05, 4.69) is 22.6 Å². The first-order valence-corrected chi connectivity index (χ1v) is 5.80. The highest BCUT2D eigenvalue weighted by atomic mass is 127. The van der Waals surface area contributed by atoms with Crippen LogP contribution < -0.4 is 0 Å². The van der Waals surface area contributed by atoms with Gasteiger partial charge in [0.2, 0.25) is 0 Å². The predicted molar refractivity (Wildman–Crippen MR) is 64.8 cm³/mol. The van der Waals surface area contributed by atoms with Gasteiger partial charge in [0.1, 0.15) is 6.61 Å². The second-order valence-electron chi connectivity index (χ2n) is 2.59. The molecule has 3 heteroatoms. The maximum Gasteiger partial charge on any atom is 0.338 e. The van der Waals surface area contributed by atoms with Crippen LogP contribution in [0.3, 0.4) is 0 Å². The summed E-state index contributed by atoms with van der Waals surface area (Å²) in [5.41, 5.74) is 0.593. The van der Waals surface area contributed by atoms with Crippen LogP contribution in [0.5, 0.6) is 0 Å². The van der Waals surface area contributed by atoms with Crippen molar-refractivity contribution in [2.45, 2.75) is 0 Å². The molecule has 0 saturated heterocycles. The van der Waals surface area contributed by atoms with Crippen LogP contribution in [-0.2, 0) is 4.74 Å². The smallest absolute Gasteiger partial charge is 0.338 e. The lowest BCUT2D eigenvalue weighted by Crippen LogP contribution is -2.04. The average Bonchev–Trinajstić information content (AvgIpc) is 2.25. The summed E-state index contributed by atoms with van der Waals surface area (Å²) in [4.78, 5) is 11.3. The molecule has 0 heterocycles. The van der Waals surface area contributed by atoms with Crippen LogP contribution in [0.4, 0.5) is 0 Å². The number of benzene rings is 1. The standard InChI is InChI=1S/C11H11IO2/c12-8-4-5-9-14-11(13)10-6-2-1-3-7-10/h1-7H,8-9H2/b5-4+. The maximum atomic E-state index is 11.3. The fourth-order valence-corrected chi connectivity index (χ4v) is 1.27. The third-order valence-electron chi connectivity index (χ3n) is 1.58. The van der Waals surface area contributed by atoms with Gasteiger partial charge in [-0.05, 0) is 12.1 Å². The first kappa shape index (κ1) is 11.2. The van der Waals surface area contributed by atoms with Gasteiger partial charge in [-0.3, -0.25) is 0 Å². The van der Waals surface area contributed by atoms with Crippen LogP contribution in [0.1, 0.15) is 10.4 Å². The summed E-state index contributed by atoms with van der Waals surface area (Å²) in [6.45, 7) is 0.344. The lowest BCUT2D eigenvalue weighted by molar-refractivity contribution is 0.0549. The van der Waals surface area contributed by atoms with Gasteiger partial charge >= 0.3 is 5.97 Å². The number of esters is 1. The Morgan fingerprint density at radius 3 is 2.64 bits per heavy atom. The van der Waals surface area contributed by atoms with Gasteiger partial charge in [-0.2, -0.15) is 0 Å². The second kappa shape index (κ2) is 6.59. The first-order chi connectivity index (χ1) is 6.84. The van der Waals surface area contributed by atoms with Crippen LogP contribution in [0.2, 0.25) is 0 Å². The first-order valence-electron chi connectivity index (χ1n) is 4.27. The molecule has 0 bridgehead atoms. The Kier molecular flexibility index (Phi) is 5.29. The van der Waals surface area contributed by atoms with Crippen molar-refractivity contribution in [3.8, 4) is 0 Å². The zero-order valence-electron chi connectivity index (χ0n) is 7.65. The molecule has 0 spiro atoms. The largest absolute Gasteiger partial charge is 0.458 e. The van der Waals surface area contributed by atoms with E-state index in [1.54, 1.807) is 12.1 Å². The summed E-state index contributed by atoms with van der Waals surface area (Å²) in [5.74, 6) is -0.274. The molecule has 0 aliphatic rings. The van der Waals surface area contributed by atoms with Gasteiger partial charge in [0.15, 0.2) is 0 Å². The van der Waals surface area contributed by atoms with Crippen LogP contribution in [0.25, 0.3) is 0 Å². The molecule has 2 nitrogen and oxygen atoms in total.